The van der Waals surface area contributed by atoms with E-state index in [1.54, 1.807) is 23.6 Å². The van der Waals surface area contributed by atoms with E-state index in [-0.39, 0.29) is 6.41 Å². The van der Waals surface area contributed by atoms with Crippen LogP contribution in [0.4, 0.5) is 11.6 Å². The van der Waals surface area contributed by atoms with Gasteiger partial charge in [0.05, 0.1) is 16.8 Å². The van der Waals surface area contributed by atoms with Gasteiger partial charge in [-0.25, -0.2) is 15.0 Å². The molecule has 130 valence electrons. The van der Waals surface area contributed by atoms with Crippen LogP contribution >= 0.6 is 22.9 Å². The molecule has 0 spiro atoms. The van der Waals surface area contributed by atoms with E-state index in [9.17, 15) is 0 Å². The second-order valence-corrected chi connectivity index (χ2v) is 7.16. The number of primary amides is 1. The summed E-state index contributed by atoms with van der Waals surface area (Å²) in [5, 5.41) is 4.71. The number of carbonyl (C=O) groups is 1. The number of anilines is 2. The first-order valence-corrected chi connectivity index (χ1v) is 8.83. The average molecular weight is 377 g/mol. The molecule has 5 N–H and O–H groups in total. The van der Waals surface area contributed by atoms with E-state index < -0.39 is 0 Å². The van der Waals surface area contributed by atoms with E-state index in [1.165, 1.54) is 12.8 Å². The summed E-state index contributed by atoms with van der Waals surface area (Å²) in [7, 11) is 0. The molecule has 4 rings (SSSR count). The average Bonchev–Trinajstić information content (AvgIpc) is 3.34. The number of rotatable bonds is 3. The summed E-state index contributed by atoms with van der Waals surface area (Å²) in [6, 6.07) is 4.16. The van der Waals surface area contributed by atoms with E-state index in [4.69, 9.17) is 22.1 Å². The third-order valence-electron chi connectivity index (χ3n) is 3.69. The van der Waals surface area contributed by atoms with Crippen LogP contribution in [-0.2, 0) is 4.79 Å². The highest BCUT2D eigenvalue weighted by atomic mass is 35.5. The lowest BCUT2D eigenvalue weighted by molar-refractivity contribution is -0.106. The van der Waals surface area contributed by atoms with Crippen LogP contribution in [0.15, 0.2) is 18.3 Å². The van der Waals surface area contributed by atoms with Crippen molar-refractivity contribution < 1.29 is 4.79 Å². The molecule has 9 heteroatoms. The molecular weight excluding hydrogens is 360 g/mol. The number of aromatic nitrogens is 3. The molecule has 1 saturated carbocycles. The van der Waals surface area contributed by atoms with Gasteiger partial charge in [-0.3, -0.25) is 4.79 Å². The second-order valence-electron chi connectivity index (χ2n) is 5.57. The number of nitrogen functional groups attached to an aromatic ring is 1. The quantitative estimate of drug-likeness (QED) is 0.477. The fourth-order valence-electron chi connectivity index (χ4n) is 2.33. The zero-order valence-electron chi connectivity index (χ0n) is 13.5. The standard InChI is InChI=1S/C15H14ClN5S.CH3NO/c1-7-12(17)11-13(8-2-5-10(16)18-6-8)20-15(19-9-3-4-9)21-14(11)22-7;2-1-3/h2,5-6,9H,3-4,17H2,1H3,(H,19,20,21);1H,(H2,2,3). The normalized spacial score (nSPS) is 13.2. The summed E-state index contributed by atoms with van der Waals surface area (Å²) < 4.78 is 0. The van der Waals surface area contributed by atoms with E-state index in [0.717, 1.165) is 32.0 Å². The van der Waals surface area contributed by atoms with Crippen molar-refractivity contribution in [1.82, 2.24) is 15.0 Å². The Balaban J connectivity index is 0.000000569. The summed E-state index contributed by atoms with van der Waals surface area (Å²) in [5.41, 5.74) is 12.8. The molecule has 1 fully saturated rings. The molecule has 3 heterocycles. The van der Waals surface area contributed by atoms with Gasteiger partial charge < -0.3 is 16.8 Å². The van der Waals surface area contributed by atoms with Crippen LogP contribution < -0.4 is 16.8 Å². The van der Waals surface area contributed by atoms with Crippen molar-refractivity contribution in [2.24, 2.45) is 5.73 Å². The number of hydrogen-bond acceptors (Lipinski definition) is 7. The number of fused-ring (bicyclic) bond motifs is 1. The van der Waals surface area contributed by atoms with Crippen LogP contribution in [0.25, 0.3) is 21.5 Å². The molecule has 1 aliphatic carbocycles. The van der Waals surface area contributed by atoms with Crippen LogP contribution in [0, 0.1) is 6.92 Å². The molecular formula is C16H17ClN6OS. The van der Waals surface area contributed by atoms with E-state index >= 15 is 0 Å². The highest BCUT2D eigenvalue weighted by Crippen LogP contribution is 2.39. The summed E-state index contributed by atoms with van der Waals surface area (Å²) in [6.07, 6.45) is 4.31. The van der Waals surface area contributed by atoms with Crippen LogP contribution in [0.3, 0.4) is 0 Å². The van der Waals surface area contributed by atoms with E-state index in [2.05, 4.69) is 26.0 Å². The molecule has 0 atom stereocenters. The first-order chi connectivity index (χ1) is 12.0. The van der Waals surface area contributed by atoms with Crippen LogP contribution in [0.2, 0.25) is 5.15 Å². The van der Waals surface area contributed by atoms with E-state index in [0.29, 0.717) is 17.1 Å². The van der Waals surface area contributed by atoms with Gasteiger partial charge in [-0.2, -0.15) is 0 Å². The zero-order valence-corrected chi connectivity index (χ0v) is 15.1. The molecule has 3 aromatic heterocycles. The van der Waals surface area contributed by atoms with Crippen molar-refractivity contribution in [3.8, 4) is 11.3 Å². The topological polar surface area (TPSA) is 120 Å². The lowest BCUT2D eigenvalue weighted by Gasteiger charge is -2.08. The summed E-state index contributed by atoms with van der Waals surface area (Å²) in [4.78, 5) is 24.0. The smallest absolute Gasteiger partial charge is 0.224 e. The molecule has 1 amide bonds. The molecule has 3 aromatic rings. The maximum Gasteiger partial charge on any atom is 0.224 e. The minimum Gasteiger partial charge on any atom is -0.397 e. The number of aryl methyl sites for hydroxylation is 1. The molecule has 7 nitrogen and oxygen atoms in total. The van der Waals surface area contributed by atoms with Gasteiger partial charge in [-0.1, -0.05) is 11.6 Å². The Labute approximate surface area is 153 Å². The number of carbonyl (C=O) groups excluding carboxylic acids is 1. The van der Waals surface area contributed by atoms with Gasteiger partial charge in [0.25, 0.3) is 0 Å². The Morgan fingerprint density at radius 2 is 2.08 bits per heavy atom. The van der Waals surface area contributed by atoms with Crippen molar-refractivity contribution in [1.29, 1.82) is 0 Å². The van der Waals surface area contributed by atoms with Gasteiger partial charge in [0.1, 0.15) is 9.98 Å². The Hall–Kier alpha value is -2.45. The van der Waals surface area contributed by atoms with Gasteiger partial charge in [0, 0.05) is 22.7 Å². The monoisotopic (exact) mass is 376 g/mol. The predicted molar refractivity (Wildman–Crippen MR) is 102 cm³/mol. The third kappa shape index (κ3) is 3.80. The second kappa shape index (κ2) is 7.20. The molecule has 1 aliphatic rings. The van der Waals surface area contributed by atoms with Crippen LogP contribution in [0.1, 0.15) is 17.7 Å². The molecule has 0 saturated heterocycles. The number of nitrogens with one attached hydrogen (secondary N) is 1. The van der Waals surface area contributed by atoms with Crippen molar-refractivity contribution in [3.63, 3.8) is 0 Å². The number of nitrogens with two attached hydrogens (primary N) is 2. The summed E-state index contributed by atoms with van der Waals surface area (Å²) in [5.74, 6) is 0.654. The molecule has 25 heavy (non-hydrogen) atoms. The van der Waals surface area contributed by atoms with Gasteiger partial charge in [-0.05, 0) is 31.9 Å². The fourth-order valence-corrected chi connectivity index (χ4v) is 3.39. The number of halogens is 1. The highest BCUT2D eigenvalue weighted by Gasteiger charge is 2.24. The van der Waals surface area contributed by atoms with Crippen LogP contribution in [-0.4, -0.2) is 27.4 Å². The number of pyridine rings is 1. The van der Waals surface area contributed by atoms with Crippen molar-refractivity contribution in [2.75, 3.05) is 11.1 Å². The summed E-state index contributed by atoms with van der Waals surface area (Å²) in [6.45, 7) is 2.00. The third-order valence-corrected chi connectivity index (χ3v) is 4.92. The molecule has 0 bridgehead atoms. The minimum atomic E-state index is 0.250. The van der Waals surface area contributed by atoms with Gasteiger partial charge in [-0.15, -0.1) is 11.3 Å². The Bertz CT molecular complexity index is 907. The predicted octanol–water partition coefficient (Wildman–Crippen LogP) is 2.97. The Morgan fingerprint density at radius 1 is 1.36 bits per heavy atom. The fraction of sp³-hybridized carbons (Fsp3) is 0.250. The first-order valence-electron chi connectivity index (χ1n) is 7.64. The first kappa shape index (κ1) is 17.4. The number of amides is 1. The Morgan fingerprint density at radius 3 is 2.68 bits per heavy atom. The SMILES string of the molecule is Cc1sc2nc(NC3CC3)nc(-c3ccc(Cl)nc3)c2c1N.NC=O. The van der Waals surface area contributed by atoms with Gasteiger partial charge in [0.2, 0.25) is 12.4 Å². The maximum atomic E-state index is 8.58. The van der Waals surface area contributed by atoms with Crippen molar-refractivity contribution in [2.45, 2.75) is 25.8 Å². The molecule has 0 aliphatic heterocycles. The van der Waals surface area contributed by atoms with Gasteiger partial charge in [0.15, 0.2) is 0 Å². The molecule has 0 radical (unpaired) electrons. The highest BCUT2D eigenvalue weighted by molar-refractivity contribution is 7.19. The number of nitrogens with zero attached hydrogens (tertiary/aromatic N) is 3. The Kier molecular flexibility index (Phi) is 5.00. The lowest BCUT2D eigenvalue weighted by Crippen LogP contribution is -2.06. The van der Waals surface area contributed by atoms with Crippen molar-refractivity contribution in [3.05, 3.63) is 28.4 Å². The molecule has 0 aromatic carbocycles. The maximum absolute atomic E-state index is 8.58. The largest absolute Gasteiger partial charge is 0.397 e. The zero-order chi connectivity index (χ0) is 18.0. The minimum absolute atomic E-state index is 0.250. The van der Waals surface area contributed by atoms with Crippen molar-refractivity contribution >= 4 is 51.2 Å². The number of thiophene rings is 1. The van der Waals surface area contributed by atoms with E-state index in [1.807, 2.05) is 13.0 Å². The lowest BCUT2D eigenvalue weighted by atomic mass is 10.1. The summed E-state index contributed by atoms with van der Waals surface area (Å²) >= 11 is 7.47. The molecule has 0 unspecified atom stereocenters. The van der Waals surface area contributed by atoms with Crippen LogP contribution in [0.5, 0.6) is 0 Å². The number of hydrogen-bond donors (Lipinski definition) is 3. The van der Waals surface area contributed by atoms with Gasteiger partial charge >= 0.3 is 0 Å².